The average Bonchev–Trinajstić information content (AvgIpc) is 2.46. The molecular formula is C15H30N2O. The first-order valence-electron chi connectivity index (χ1n) is 7.87. The summed E-state index contributed by atoms with van der Waals surface area (Å²) in [7, 11) is 0. The smallest absolute Gasteiger partial charge is 0.0699 e. The van der Waals surface area contributed by atoms with Gasteiger partial charge in [0.2, 0.25) is 0 Å². The van der Waals surface area contributed by atoms with E-state index in [0.717, 1.165) is 19.1 Å². The molecule has 0 aliphatic carbocycles. The van der Waals surface area contributed by atoms with E-state index in [1.54, 1.807) is 0 Å². The van der Waals surface area contributed by atoms with Gasteiger partial charge in [0.15, 0.2) is 0 Å². The maximum Gasteiger partial charge on any atom is 0.0699 e. The molecule has 2 fully saturated rings. The molecule has 2 atom stereocenters. The van der Waals surface area contributed by atoms with Gasteiger partial charge in [0.25, 0.3) is 0 Å². The molecule has 0 spiro atoms. The Balaban J connectivity index is 1.63. The lowest BCUT2D eigenvalue weighted by molar-refractivity contribution is 0.0137. The van der Waals surface area contributed by atoms with Crippen LogP contribution in [0.15, 0.2) is 0 Å². The maximum atomic E-state index is 5.78. The van der Waals surface area contributed by atoms with Gasteiger partial charge in [-0.2, -0.15) is 0 Å². The maximum absolute atomic E-state index is 5.78. The SMILES string of the molecule is CCN1CCC(C(C)NCC2CCCCO2)CC1. The minimum absolute atomic E-state index is 0.469. The van der Waals surface area contributed by atoms with Crippen molar-refractivity contribution in [3.8, 4) is 0 Å². The van der Waals surface area contributed by atoms with Crippen LogP contribution in [0.25, 0.3) is 0 Å². The summed E-state index contributed by atoms with van der Waals surface area (Å²) in [6, 6.07) is 0.648. The molecule has 0 aromatic carbocycles. The summed E-state index contributed by atoms with van der Waals surface area (Å²) in [5, 5.41) is 3.71. The predicted octanol–water partition coefficient (Wildman–Crippen LogP) is 2.27. The largest absolute Gasteiger partial charge is 0.377 e. The van der Waals surface area contributed by atoms with Gasteiger partial charge in [-0.15, -0.1) is 0 Å². The lowest BCUT2D eigenvalue weighted by atomic mass is 9.90. The molecule has 0 radical (unpaired) electrons. The van der Waals surface area contributed by atoms with Crippen LogP contribution in [-0.2, 0) is 4.74 Å². The molecule has 0 bridgehead atoms. The third kappa shape index (κ3) is 4.22. The second-order valence-corrected chi connectivity index (χ2v) is 5.96. The van der Waals surface area contributed by atoms with Crippen LogP contribution in [0.3, 0.4) is 0 Å². The summed E-state index contributed by atoms with van der Waals surface area (Å²) in [6.07, 6.45) is 7.02. The molecule has 1 N–H and O–H groups in total. The predicted molar refractivity (Wildman–Crippen MR) is 75.9 cm³/mol. The van der Waals surface area contributed by atoms with Gasteiger partial charge < -0.3 is 15.0 Å². The molecular weight excluding hydrogens is 224 g/mol. The van der Waals surface area contributed by atoms with Crippen LogP contribution in [0.4, 0.5) is 0 Å². The monoisotopic (exact) mass is 254 g/mol. The molecule has 106 valence electrons. The molecule has 2 aliphatic heterocycles. The first-order chi connectivity index (χ1) is 8.79. The van der Waals surface area contributed by atoms with Gasteiger partial charge in [-0.1, -0.05) is 6.92 Å². The minimum Gasteiger partial charge on any atom is -0.377 e. The van der Waals surface area contributed by atoms with Gasteiger partial charge in [0.05, 0.1) is 6.10 Å². The van der Waals surface area contributed by atoms with Crippen LogP contribution in [0.5, 0.6) is 0 Å². The number of nitrogens with zero attached hydrogens (tertiary/aromatic N) is 1. The summed E-state index contributed by atoms with van der Waals surface area (Å²) in [5.41, 5.74) is 0. The molecule has 18 heavy (non-hydrogen) atoms. The lowest BCUT2D eigenvalue weighted by Crippen LogP contribution is -2.44. The van der Waals surface area contributed by atoms with Crippen molar-refractivity contribution in [3.05, 3.63) is 0 Å². The minimum atomic E-state index is 0.469. The van der Waals surface area contributed by atoms with E-state index in [2.05, 4.69) is 24.1 Å². The lowest BCUT2D eigenvalue weighted by Gasteiger charge is -2.35. The highest BCUT2D eigenvalue weighted by Gasteiger charge is 2.23. The number of hydrogen-bond acceptors (Lipinski definition) is 3. The van der Waals surface area contributed by atoms with Crippen LogP contribution >= 0.6 is 0 Å². The van der Waals surface area contributed by atoms with E-state index in [1.165, 1.54) is 51.7 Å². The molecule has 2 rings (SSSR count). The molecule has 0 saturated carbocycles. The summed E-state index contributed by atoms with van der Waals surface area (Å²) in [4.78, 5) is 2.56. The van der Waals surface area contributed by atoms with Crippen molar-refractivity contribution in [1.29, 1.82) is 0 Å². The zero-order valence-corrected chi connectivity index (χ0v) is 12.2. The zero-order chi connectivity index (χ0) is 12.8. The van der Waals surface area contributed by atoms with Crippen molar-refractivity contribution in [1.82, 2.24) is 10.2 Å². The van der Waals surface area contributed by atoms with Crippen molar-refractivity contribution in [2.24, 2.45) is 5.92 Å². The summed E-state index contributed by atoms with van der Waals surface area (Å²) in [5.74, 6) is 0.858. The fourth-order valence-corrected chi connectivity index (χ4v) is 3.22. The average molecular weight is 254 g/mol. The fraction of sp³-hybridized carbons (Fsp3) is 1.00. The number of piperidine rings is 1. The zero-order valence-electron chi connectivity index (χ0n) is 12.2. The Labute approximate surface area is 112 Å². The third-order valence-electron chi connectivity index (χ3n) is 4.73. The van der Waals surface area contributed by atoms with Crippen LogP contribution < -0.4 is 5.32 Å². The Bertz CT molecular complexity index is 221. The van der Waals surface area contributed by atoms with Crippen LogP contribution in [-0.4, -0.2) is 49.8 Å². The number of rotatable bonds is 5. The Morgan fingerprint density at radius 1 is 1.22 bits per heavy atom. The second kappa shape index (κ2) is 7.46. The van der Waals surface area contributed by atoms with Gasteiger partial charge in [-0.25, -0.2) is 0 Å². The van der Waals surface area contributed by atoms with Gasteiger partial charge in [-0.3, -0.25) is 0 Å². The Morgan fingerprint density at radius 3 is 2.61 bits per heavy atom. The molecule has 0 aromatic rings. The van der Waals surface area contributed by atoms with E-state index in [9.17, 15) is 0 Å². The highest BCUT2D eigenvalue weighted by Crippen LogP contribution is 2.20. The normalized spacial score (nSPS) is 29.3. The van der Waals surface area contributed by atoms with E-state index in [1.807, 2.05) is 0 Å². The third-order valence-corrected chi connectivity index (χ3v) is 4.73. The van der Waals surface area contributed by atoms with Crippen molar-refractivity contribution in [2.75, 3.05) is 32.8 Å². The number of hydrogen-bond donors (Lipinski definition) is 1. The summed E-state index contributed by atoms with van der Waals surface area (Å²) in [6.45, 7) is 10.4. The summed E-state index contributed by atoms with van der Waals surface area (Å²) >= 11 is 0. The Hall–Kier alpha value is -0.120. The quantitative estimate of drug-likeness (QED) is 0.814. The van der Waals surface area contributed by atoms with Crippen LogP contribution in [0.1, 0.15) is 46.0 Å². The van der Waals surface area contributed by atoms with E-state index in [-0.39, 0.29) is 0 Å². The molecule has 2 aliphatic rings. The van der Waals surface area contributed by atoms with Crippen LogP contribution in [0.2, 0.25) is 0 Å². The first-order valence-corrected chi connectivity index (χ1v) is 7.87. The summed E-state index contributed by atoms with van der Waals surface area (Å²) < 4.78 is 5.78. The topological polar surface area (TPSA) is 24.5 Å². The van der Waals surface area contributed by atoms with E-state index in [0.29, 0.717) is 12.1 Å². The van der Waals surface area contributed by atoms with Crippen LogP contribution in [0, 0.1) is 5.92 Å². The molecule has 2 heterocycles. The number of nitrogens with one attached hydrogen (secondary N) is 1. The Kier molecular flexibility index (Phi) is 5.93. The molecule has 0 aromatic heterocycles. The molecule has 3 nitrogen and oxygen atoms in total. The Morgan fingerprint density at radius 2 is 2.00 bits per heavy atom. The molecule has 3 heteroatoms. The molecule has 2 unspecified atom stereocenters. The number of likely N-dealkylation sites (tertiary alicyclic amines) is 1. The van der Waals surface area contributed by atoms with E-state index >= 15 is 0 Å². The highest BCUT2D eigenvalue weighted by molar-refractivity contribution is 4.80. The highest BCUT2D eigenvalue weighted by atomic mass is 16.5. The van der Waals surface area contributed by atoms with Gasteiger partial charge in [0, 0.05) is 19.2 Å². The first kappa shape index (κ1) is 14.3. The molecule has 0 amide bonds. The standard InChI is InChI=1S/C15H30N2O/c1-3-17-9-7-14(8-10-17)13(2)16-12-15-6-4-5-11-18-15/h13-16H,3-12H2,1-2H3. The fourth-order valence-electron chi connectivity index (χ4n) is 3.22. The van der Waals surface area contributed by atoms with Crippen molar-refractivity contribution in [2.45, 2.75) is 58.1 Å². The van der Waals surface area contributed by atoms with Gasteiger partial charge in [-0.05, 0) is 64.6 Å². The number of ether oxygens (including phenoxy) is 1. The van der Waals surface area contributed by atoms with E-state index in [4.69, 9.17) is 4.74 Å². The van der Waals surface area contributed by atoms with Crippen molar-refractivity contribution >= 4 is 0 Å². The molecule has 2 saturated heterocycles. The van der Waals surface area contributed by atoms with Gasteiger partial charge >= 0.3 is 0 Å². The van der Waals surface area contributed by atoms with E-state index < -0.39 is 0 Å². The van der Waals surface area contributed by atoms with Crippen molar-refractivity contribution < 1.29 is 4.74 Å². The second-order valence-electron chi connectivity index (χ2n) is 5.96. The van der Waals surface area contributed by atoms with Crippen molar-refractivity contribution in [3.63, 3.8) is 0 Å². The van der Waals surface area contributed by atoms with Gasteiger partial charge in [0.1, 0.15) is 0 Å².